The van der Waals surface area contributed by atoms with Crippen LogP contribution < -0.4 is 5.32 Å². The molecule has 22 heavy (non-hydrogen) atoms. The minimum Gasteiger partial charge on any atom is -0.336 e. The van der Waals surface area contributed by atoms with Gasteiger partial charge in [-0.2, -0.15) is 5.10 Å². The SMILES string of the molecule is Fc1ccc(C(Cn2ccnc2)NCCn2cncn2)cc1. The molecule has 0 spiro atoms. The fourth-order valence-corrected chi connectivity index (χ4v) is 2.29. The van der Waals surface area contributed by atoms with Crippen LogP contribution in [0.25, 0.3) is 0 Å². The van der Waals surface area contributed by atoms with E-state index in [0.29, 0.717) is 0 Å². The number of rotatable bonds is 7. The molecule has 3 aromatic rings. The van der Waals surface area contributed by atoms with Crippen molar-refractivity contribution < 1.29 is 4.39 Å². The van der Waals surface area contributed by atoms with Gasteiger partial charge in [-0.05, 0) is 17.7 Å². The van der Waals surface area contributed by atoms with E-state index < -0.39 is 0 Å². The number of aromatic nitrogens is 5. The second-order valence-electron chi connectivity index (χ2n) is 4.98. The summed E-state index contributed by atoms with van der Waals surface area (Å²) >= 11 is 0. The Morgan fingerprint density at radius 3 is 2.68 bits per heavy atom. The number of halogens is 1. The fourth-order valence-electron chi connectivity index (χ4n) is 2.29. The molecule has 0 aliphatic carbocycles. The summed E-state index contributed by atoms with van der Waals surface area (Å²) < 4.78 is 16.9. The van der Waals surface area contributed by atoms with Gasteiger partial charge in [-0.25, -0.2) is 14.4 Å². The second kappa shape index (κ2) is 6.95. The molecule has 0 fully saturated rings. The van der Waals surface area contributed by atoms with Gasteiger partial charge in [0.05, 0.1) is 18.9 Å². The molecular weight excluding hydrogens is 283 g/mol. The van der Waals surface area contributed by atoms with E-state index in [1.807, 2.05) is 10.8 Å². The van der Waals surface area contributed by atoms with Gasteiger partial charge in [-0.3, -0.25) is 4.68 Å². The van der Waals surface area contributed by atoms with Gasteiger partial charge in [-0.1, -0.05) is 12.1 Å². The van der Waals surface area contributed by atoms with E-state index in [1.54, 1.807) is 35.7 Å². The third-order valence-electron chi connectivity index (χ3n) is 3.42. The topological polar surface area (TPSA) is 60.6 Å². The summed E-state index contributed by atoms with van der Waals surface area (Å²) in [4.78, 5) is 7.98. The molecule has 0 radical (unpaired) electrons. The first-order valence-electron chi connectivity index (χ1n) is 7.08. The van der Waals surface area contributed by atoms with E-state index >= 15 is 0 Å². The normalized spacial score (nSPS) is 12.4. The Morgan fingerprint density at radius 2 is 2.00 bits per heavy atom. The summed E-state index contributed by atoms with van der Waals surface area (Å²) in [6.07, 6.45) is 8.63. The average molecular weight is 300 g/mol. The van der Waals surface area contributed by atoms with Crippen molar-refractivity contribution in [3.8, 4) is 0 Å². The number of hydrogen-bond donors (Lipinski definition) is 1. The molecule has 0 aliphatic rings. The van der Waals surface area contributed by atoms with E-state index in [-0.39, 0.29) is 11.9 Å². The molecule has 2 heterocycles. The number of nitrogens with one attached hydrogen (secondary N) is 1. The molecule has 7 heteroatoms. The highest BCUT2D eigenvalue weighted by molar-refractivity contribution is 5.20. The summed E-state index contributed by atoms with van der Waals surface area (Å²) in [7, 11) is 0. The summed E-state index contributed by atoms with van der Waals surface area (Å²) in [6.45, 7) is 2.19. The van der Waals surface area contributed by atoms with Crippen molar-refractivity contribution in [1.82, 2.24) is 29.6 Å². The lowest BCUT2D eigenvalue weighted by Crippen LogP contribution is -2.28. The molecule has 0 amide bonds. The highest BCUT2D eigenvalue weighted by Crippen LogP contribution is 2.16. The Kier molecular flexibility index (Phi) is 4.55. The quantitative estimate of drug-likeness (QED) is 0.720. The van der Waals surface area contributed by atoms with Gasteiger partial charge in [0.1, 0.15) is 18.5 Å². The van der Waals surface area contributed by atoms with Crippen molar-refractivity contribution in [3.63, 3.8) is 0 Å². The van der Waals surface area contributed by atoms with E-state index in [4.69, 9.17) is 0 Å². The number of benzene rings is 1. The Balaban J connectivity index is 1.66. The predicted octanol–water partition coefficient (Wildman–Crippen LogP) is 1.64. The van der Waals surface area contributed by atoms with Crippen LogP contribution in [0, 0.1) is 5.82 Å². The number of nitrogens with zero attached hydrogens (tertiary/aromatic N) is 5. The molecule has 114 valence electrons. The average Bonchev–Trinajstić information content (AvgIpc) is 3.20. The Morgan fingerprint density at radius 1 is 1.14 bits per heavy atom. The van der Waals surface area contributed by atoms with Gasteiger partial charge in [0, 0.05) is 25.5 Å². The van der Waals surface area contributed by atoms with Gasteiger partial charge in [0.2, 0.25) is 0 Å². The Bertz CT molecular complexity index is 663. The number of imidazole rings is 1. The summed E-state index contributed by atoms with van der Waals surface area (Å²) in [5.74, 6) is -0.229. The van der Waals surface area contributed by atoms with Crippen LogP contribution in [-0.2, 0) is 13.1 Å². The molecule has 1 unspecified atom stereocenters. The van der Waals surface area contributed by atoms with Crippen LogP contribution in [0.2, 0.25) is 0 Å². The van der Waals surface area contributed by atoms with Crippen LogP contribution >= 0.6 is 0 Å². The highest BCUT2D eigenvalue weighted by Gasteiger charge is 2.11. The lowest BCUT2D eigenvalue weighted by Gasteiger charge is -2.20. The van der Waals surface area contributed by atoms with Crippen LogP contribution in [0.1, 0.15) is 11.6 Å². The maximum absolute atomic E-state index is 13.1. The molecular formula is C15H17FN6. The van der Waals surface area contributed by atoms with Crippen LogP contribution in [0.15, 0.2) is 55.6 Å². The third-order valence-corrected chi connectivity index (χ3v) is 3.42. The van der Waals surface area contributed by atoms with E-state index in [0.717, 1.165) is 25.2 Å². The maximum atomic E-state index is 13.1. The van der Waals surface area contributed by atoms with E-state index in [1.165, 1.54) is 18.5 Å². The molecule has 1 N–H and O–H groups in total. The zero-order chi connectivity index (χ0) is 15.2. The Labute approximate surface area is 127 Å². The van der Waals surface area contributed by atoms with Crippen molar-refractivity contribution >= 4 is 0 Å². The first kappa shape index (κ1) is 14.4. The van der Waals surface area contributed by atoms with Gasteiger partial charge in [0.15, 0.2) is 0 Å². The molecule has 1 aromatic carbocycles. The lowest BCUT2D eigenvalue weighted by atomic mass is 10.1. The largest absolute Gasteiger partial charge is 0.336 e. The lowest BCUT2D eigenvalue weighted by molar-refractivity contribution is 0.438. The fraction of sp³-hybridized carbons (Fsp3) is 0.267. The zero-order valence-corrected chi connectivity index (χ0v) is 12.0. The van der Waals surface area contributed by atoms with Crippen molar-refractivity contribution in [2.75, 3.05) is 6.54 Å². The van der Waals surface area contributed by atoms with Crippen molar-refractivity contribution in [1.29, 1.82) is 0 Å². The number of hydrogen-bond acceptors (Lipinski definition) is 4. The van der Waals surface area contributed by atoms with Gasteiger partial charge < -0.3 is 9.88 Å². The van der Waals surface area contributed by atoms with Gasteiger partial charge in [0.25, 0.3) is 0 Å². The maximum Gasteiger partial charge on any atom is 0.137 e. The van der Waals surface area contributed by atoms with Crippen molar-refractivity contribution in [2.24, 2.45) is 0 Å². The molecule has 0 aliphatic heterocycles. The van der Waals surface area contributed by atoms with Crippen molar-refractivity contribution in [3.05, 3.63) is 67.0 Å². The first-order chi connectivity index (χ1) is 10.8. The molecule has 2 aromatic heterocycles. The van der Waals surface area contributed by atoms with Gasteiger partial charge in [-0.15, -0.1) is 0 Å². The van der Waals surface area contributed by atoms with Crippen molar-refractivity contribution in [2.45, 2.75) is 19.1 Å². The molecule has 6 nitrogen and oxygen atoms in total. The standard InChI is InChI=1S/C15H17FN6/c16-14-3-1-13(2-4-14)15(9-21-7-5-17-11-21)19-6-8-22-12-18-10-20-22/h1-5,7,10-12,15,19H,6,8-9H2. The van der Waals surface area contributed by atoms with Crippen LogP contribution in [0.3, 0.4) is 0 Å². The highest BCUT2D eigenvalue weighted by atomic mass is 19.1. The minimum atomic E-state index is -0.229. The van der Waals surface area contributed by atoms with Crippen LogP contribution in [-0.4, -0.2) is 30.9 Å². The molecule has 0 bridgehead atoms. The molecule has 3 rings (SSSR count). The zero-order valence-electron chi connectivity index (χ0n) is 12.0. The monoisotopic (exact) mass is 300 g/mol. The first-order valence-corrected chi connectivity index (χ1v) is 7.08. The third kappa shape index (κ3) is 3.76. The molecule has 1 atom stereocenters. The smallest absolute Gasteiger partial charge is 0.137 e. The molecule has 0 saturated carbocycles. The Hall–Kier alpha value is -2.54. The molecule has 0 saturated heterocycles. The van der Waals surface area contributed by atoms with Crippen LogP contribution in [0.5, 0.6) is 0 Å². The van der Waals surface area contributed by atoms with E-state index in [2.05, 4.69) is 20.4 Å². The summed E-state index contributed by atoms with van der Waals surface area (Å²) in [5.41, 5.74) is 1.04. The minimum absolute atomic E-state index is 0.0679. The van der Waals surface area contributed by atoms with Crippen LogP contribution in [0.4, 0.5) is 4.39 Å². The second-order valence-corrected chi connectivity index (χ2v) is 4.98. The predicted molar refractivity (Wildman–Crippen MR) is 79.4 cm³/mol. The summed E-state index contributed by atoms with van der Waals surface area (Å²) in [6, 6.07) is 6.64. The van der Waals surface area contributed by atoms with Gasteiger partial charge >= 0.3 is 0 Å². The van der Waals surface area contributed by atoms with E-state index in [9.17, 15) is 4.39 Å². The summed E-state index contributed by atoms with van der Waals surface area (Å²) in [5, 5.41) is 7.55.